The van der Waals surface area contributed by atoms with E-state index in [-0.39, 0.29) is 0 Å². The van der Waals surface area contributed by atoms with Crippen LogP contribution in [0.4, 0.5) is 57.5 Å². The van der Waals surface area contributed by atoms with E-state index in [1.54, 1.807) is 0 Å². The first kappa shape index (κ1) is 26.4. The fourth-order valence-corrected chi connectivity index (χ4v) is 2.80. The van der Waals surface area contributed by atoms with Crippen LogP contribution in [0.2, 0.25) is 0 Å². The summed E-state index contributed by atoms with van der Waals surface area (Å²) in [7, 11) is -7.21. The summed E-state index contributed by atoms with van der Waals surface area (Å²) >= 11 is 0. The number of rotatable bonds is 5. The number of amides is 2. The Morgan fingerprint density at radius 2 is 0.964 bits per heavy atom. The van der Waals surface area contributed by atoms with E-state index >= 15 is 0 Å². The molecule has 0 aliphatic rings. The Bertz CT molecular complexity index is 569. The third-order valence-electron chi connectivity index (χ3n) is 2.21. The van der Waals surface area contributed by atoms with Crippen LogP contribution in [0.5, 0.6) is 0 Å². The minimum Gasteiger partial charge on any atom is -0.286 e. The molecule has 0 rings (SSSR count). The summed E-state index contributed by atoms with van der Waals surface area (Å²) in [6.07, 6.45) is -37.0. The topological polar surface area (TPSA) is 81.7 Å². The second kappa shape index (κ2) is 8.06. The number of imide groups is 1. The van der Waals surface area contributed by atoms with Gasteiger partial charge < -0.3 is 0 Å². The highest BCUT2D eigenvalue weighted by atomic mass is 31.2. The van der Waals surface area contributed by atoms with Crippen molar-refractivity contribution in [1.29, 1.82) is 0 Å². The lowest BCUT2D eigenvalue weighted by atomic mass is 10.3. The quantitative estimate of drug-likeness (QED) is 0.478. The van der Waals surface area contributed by atoms with Gasteiger partial charge in [-0.1, -0.05) is 0 Å². The summed E-state index contributed by atoms with van der Waals surface area (Å²) in [5.41, 5.74) is -3.02. The standard InChI is InChI=1S/C9H6F12NO5P/c1-2(23)22-5(24)28(25,26-3(6(10,11)12)7(13,14)15)27-4(8(16,17)18)9(19,20)21/h3-4H,1H3,(H,22,23,24). The predicted molar refractivity (Wildman–Crippen MR) is 60.8 cm³/mol. The van der Waals surface area contributed by atoms with Crippen LogP contribution in [0.25, 0.3) is 0 Å². The molecular formula is C9H6F12NO5P. The maximum atomic E-state index is 12.4. The first-order valence-corrected chi connectivity index (χ1v) is 7.62. The van der Waals surface area contributed by atoms with Gasteiger partial charge in [0.2, 0.25) is 5.91 Å². The molecule has 0 bridgehead atoms. The highest BCUT2D eigenvalue weighted by Crippen LogP contribution is 2.58. The normalized spacial score (nSPS) is 14.5. The molecule has 0 aliphatic carbocycles. The van der Waals surface area contributed by atoms with Gasteiger partial charge in [0.05, 0.1) is 0 Å². The number of nitrogens with one attached hydrogen (secondary N) is 1. The molecule has 0 atom stereocenters. The Kier molecular flexibility index (Phi) is 7.61. The Hall–Kier alpha value is -1.55. The zero-order chi connectivity index (χ0) is 22.9. The van der Waals surface area contributed by atoms with Crippen molar-refractivity contribution in [2.24, 2.45) is 0 Å². The lowest BCUT2D eigenvalue weighted by molar-refractivity contribution is -0.313. The summed E-state index contributed by atoms with van der Waals surface area (Å²) in [5.74, 6) is -1.73. The average molecular weight is 467 g/mol. The van der Waals surface area contributed by atoms with Gasteiger partial charge in [0, 0.05) is 6.92 Å². The molecule has 1 N–H and O–H groups in total. The minimum absolute atomic E-state index is 0.304. The van der Waals surface area contributed by atoms with E-state index in [0.717, 1.165) is 0 Å². The van der Waals surface area contributed by atoms with Gasteiger partial charge in [-0.2, -0.15) is 52.7 Å². The summed E-state index contributed by atoms with van der Waals surface area (Å²) < 4.78 is 166. The molecule has 0 aromatic heterocycles. The fraction of sp³-hybridized carbons (Fsp3) is 0.778. The van der Waals surface area contributed by atoms with Crippen LogP contribution in [0.1, 0.15) is 6.92 Å². The van der Waals surface area contributed by atoms with Gasteiger partial charge >= 0.3 is 37.9 Å². The number of hydrogen-bond acceptors (Lipinski definition) is 5. The lowest BCUT2D eigenvalue weighted by Gasteiger charge is -2.30. The molecule has 19 heteroatoms. The molecule has 0 aromatic carbocycles. The SMILES string of the molecule is CC(=O)NC(=O)P(=O)(OC(C(F)(F)F)C(F)(F)F)OC(C(F)(F)F)C(F)(F)F. The first-order valence-electron chi connectivity index (χ1n) is 6.07. The van der Waals surface area contributed by atoms with Crippen molar-refractivity contribution in [3.63, 3.8) is 0 Å². The molecule has 0 radical (unpaired) electrons. The van der Waals surface area contributed by atoms with Gasteiger partial charge in [-0.15, -0.1) is 0 Å². The van der Waals surface area contributed by atoms with Gasteiger partial charge in [-0.05, 0) is 0 Å². The van der Waals surface area contributed by atoms with Crippen molar-refractivity contribution >= 4 is 19.2 Å². The number of halogens is 12. The number of carbonyl (C=O) groups is 2. The Morgan fingerprint density at radius 1 is 0.714 bits per heavy atom. The summed E-state index contributed by atoms with van der Waals surface area (Å²) in [6, 6.07) is 0. The van der Waals surface area contributed by atoms with Crippen molar-refractivity contribution in [2.45, 2.75) is 43.8 Å². The van der Waals surface area contributed by atoms with Crippen molar-refractivity contribution < 1.29 is 75.9 Å². The predicted octanol–water partition coefficient (Wildman–Crippen LogP) is 4.46. The molecule has 0 saturated carbocycles. The summed E-state index contributed by atoms with van der Waals surface area (Å²) in [5, 5.41) is 0.640. The molecule has 0 unspecified atom stereocenters. The molecular weight excluding hydrogens is 461 g/mol. The monoisotopic (exact) mass is 467 g/mol. The van der Waals surface area contributed by atoms with Crippen LogP contribution in [-0.4, -0.2) is 48.5 Å². The van der Waals surface area contributed by atoms with E-state index in [1.807, 2.05) is 0 Å². The van der Waals surface area contributed by atoms with Gasteiger partial charge in [0.15, 0.2) is 0 Å². The molecule has 28 heavy (non-hydrogen) atoms. The molecule has 0 aromatic rings. The molecule has 6 nitrogen and oxygen atoms in total. The molecule has 0 fully saturated rings. The van der Waals surface area contributed by atoms with Gasteiger partial charge in [0.1, 0.15) is 0 Å². The number of carbonyl (C=O) groups excluding carboxylic acids is 2. The van der Waals surface area contributed by atoms with Crippen LogP contribution in [0.15, 0.2) is 0 Å². The van der Waals surface area contributed by atoms with Gasteiger partial charge in [0.25, 0.3) is 12.2 Å². The van der Waals surface area contributed by atoms with Crippen LogP contribution in [0, 0.1) is 0 Å². The highest BCUT2D eigenvalue weighted by molar-refractivity contribution is 7.71. The van der Waals surface area contributed by atoms with Crippen molar-refractivity contribution in [3.8, 4) is 0 Å². The third-order valence-corrected chi connectivity index (χ3v) is 3.80. The molecule has 0 heterocycles. The maximum Gasteiger partial charge on any atom is 0.424 e. The second-order valence-corrected chi connectivity index (χ2v) is 6.44. The molecule has 2 amide bonds. The zero-order valence-electron chi connectivity index (χ0n) is 12.7. The number of hydrogen-bond donors (Lipinski definition) is 1. The Labute approximate surface area is 145 Å². The largest absolute Gasteiger partial charge is 0.424 e. The van der Waals surface area contributed by atoms with Crippen LogP contribution in [0.3, 0.4) is 0 Å². The van der Waals surface area contributed by atoms with Crippen molar-refractivity contribution in [3.05, 3.63) is 0 Å². The fourth-order valence-electron chi connectivity index (χ4n) is 1.23. The van der Waals surface area contributed by atoms with E-state index < -0.39 is 56.1 Å². The Balaban J connectivity index is 6.35. The smallest absolute Gasteiger partial charge is 0.286 e. The second-order valence-electron chi connectivity index (χ2n) is 4.62. The molecule has 166 valence electrons. The van der Waals surface area contributed by atoms with E-state index in [0.29, 0.717) is 12.2 Å². The van der Waals surface area contributed by atoms with Gasteiger partial charge in [-0.25, -0.2) is 4.57 Å². The summed E-state index contributed by atoms with van der Waals surface area (Å²) in [6.45, 7) is 0.304. The van der Waals surface area contributed by atoms with E-state index in [2.05, 4.69) is 9.05 Å². The van der Waals surface area contributed by atoms with E-state index in [9.17, 15) is 66.8 Å². The Morgan fingerprint density at radius 3 is 1.14 bits per heavy atom. The van der Waals surface area contributed by atoms with Gasteiger partial charge in [-0.3, -0.25) is 24.0 Å². The van der Waals surface area contributed by atoms with Crippen LogP contribution < -0.4 is 5.32 Å². The zero-order valence-corrected chi connectivity index (χ0v) is 13.6. The third kappa shape index (κ3) is 7.46. The molecule has 0 saturated heterocycles. The highest BCUT2D eigenvalue weighted by Gasteiger charge is 2.66. The van der Waals surface area contributed by atoms with Crippen LogP contribution in [-0.2, 0) is 18.4 Å². The average Bonchev–Trinajstić information content (AvgIpc) is 2.36. The summed E-state index contributed by atoms with van der Waals surface area (Å²) in [4.78, 5) is 21.9. The van der Waals surface area contributed by atoms with Crippen LogP contribution >= 0.6 is 7.60 Å². The number of alkyl halides is 12. The molecule has 0 aliphatic heterocycles. The van der Waals surface area contributed by atoms with E-state index in [4.69, 9.17) is 0 Å². The maximum absolute atomic E-state index is 12.4. The molecule has 0 spiro atoms. The first-order chi connectivity index (χ1) is 12.0. The van der Waals surface area contributed by atoms with Crippen molar-refractivity contribution in [2.75, 3.05) is 0 Å². The van der Waals surface area contributed by atoms with Crippen molar-refractivity contribution in [1.82, 2.24) is 5.32 Å². The minimum atomic E-state index is -7.21. The van der Waals surface area contributed by atoms with E-state index in [1.165, 1.54) is 0 Å². The lowest BCUT2D eigenvalue weighted by Crippen LogP contribution is -2.48.